The van der Waals surface area contributed by atoms with Crippen molar-refractivity contribution in [3.05, 3.63) is 83.0 Å². The van der Waals surface area contributed by atoms with E-state index in [2.05, 4.69) is 10.3 Å². The van der Waals surface area contributed by atoms with E-state index in [4.69, 9.17) is 5.73 Å². The van der Waals surface area contributed by atoms with E-state index in [1.54, 1.807) is 0 Å². The number of hydrogen-bond acceptors (Lipinski definition) is 2. The average Bonchev–Trinajstić information content (AvgIpc) is 2.82. The number of nitrogens with two attached hydrogens (primary N) is 1. The van der Waals surface area contributed by atoms with Crippen molar-refractivity contribution in [3.8, 4) is 0 Å². The van der Waals surface area contributed by atoms with E-state index in [-0.39, 0.29) is 11.7 Å². The van der Waals surface area contributed by atoms with Crippen molar-refractivity contribution in [2.45, 2.75) is 6.42 Å². The molecule has 0 fully saturated rings. The summed E-state index contributed by atoms with van der Waals surface area (Å²) in [7, 11) is 0. The fourth-order valence-electron chi connectivity index (χ4n) is 3.05. The SMILES string of the molecule is Nc1cccc2c3c([nH]c12)C=C(NC(=O)c1ccc(F)cc1)C=CC3. The summed E-state index contributed by atoms with van der Waals surface area (Å²) in [5.41, 5.74) is 10.8. The number of hydrogen-bond donors (Lipinski definition) is 3. The molecule has 4 rings (SSSR count). The van der Waals surface area contributed by atoms with Crippen LogP contribution in [0.2, 0.25) is 0 Å². The molecule has 0 saturated heterocycles. The first kappa shape index (κ1) is 15.2. The van der Waals surface area contributed by atoms with Crippen molar-refractivity contribution in [1.29, 1.82) is 0 Å². The monoisotopic (exact) mass is 333 g/mol. The lowest BCUT2D eigenvalue weighted by atomic mass is 10.1. The molecule has 0 saturated carbocycles. The zero-order valence-electron chi connectivity index (χ0n) is 13.3. The summed E-state index contributed by atoms with van der Waals surface area (Å²) in [4.78, 5) is 15.7. The van der Waals surface area contributed by atoms with Crippen LogP contribution in [0.5, 0.6) is 0 Å². The van der Waals surface area contributed by atoms with E-state index in [1.807, 2.05) is 36.4 Å². The van der Waals surface area contributed by atoms with Crippen LogP contribution >= 0.6 is 0 Å². The summed E-state index contributed by atoms with van der Waals surface area (Å²) in [5.74, 6) is -0.652. The van der Waals surface area contributed by atoms with Gasteiger partial charge in [-0.25, -0.2) is 4.39 Å². The maximum atomic E-state index is 13.0. The van der Waals surface area contributed by atoms with Crippen molar-refractivity contribution in [2.75, 3.05) is 5.73 Å². The Morgan fingerprint density at radius 1 is 1.16 bits per heavy atom. The number of para-hydroxylation sites is 1. The van der Waals surface area contributed by atoms with Gasteiger partial charge in [-0.15, -0.1) is 0 Å². The van der Waals surface area contributed by atoms with Crippen molar-refractivity contribution < 1.29 is 9.18 Å². The zero-order valence-corrected chi connectivity index (χ0v) is 13.3. The van der Waals surface area contributed by atoms with Crippen LogP contribution in [0.15, 0.2) is 60.3 Å². The van der Waals surface area contributed by atoms with Gasteiger partial charge in [0.15, 0.2) is 0 Å². The molecule has 4 nitrogen and oxygen atoms in total. The van der Waals surface area contributed by atoms with Crippen molar-refractivity contribution >= 4 is 28.6 Å². The molecule has 0 unspecified atom stereocenters. The molecule has 124 valence electrons. The molecule has 1 aromatic heterocycles. The summed E-state index contributed by atoms with van der Waals surface area (Å²) in [6.45, 7) is 0. The fraction of sp³-hybridized carbons (Fsp3) is 0.0500. The van der Waals surface area contributed by atoms with E-state index in [0.717, 1.165) is 28.6 Å². The van der Waals surface area contributed by atoms with E-state index >= 15 is 0 Å². The van der Waals surface area contributed by atoms with Gasteiger partial charge in [0.2, 0.25) is 0 Å². The molecule has 1 amide bonds. The quantitative estimate of drug-likeness (QED) is 0.625. The molecule has 3 aromatic rings. The summed E-state index contributed by atoms with van der Waals surface area (Å²) in [6, 6.07) is 11.3. The zero-order chi connectivity index (χ0) is 17.4. The number of carbonyl (C=O) groups excluding carboxylic acids is 1. The second-order valence-electron chi connectivity index (χ2n) is 5.95. The van der Waals surface area contributed by atoms with Crippen LogP contribution in [-0.4, -0.2) is 10.9 Å². The Morgan fingerprint density at radius 3 is 2.76 bits per heavy atom. The average molecular weight is 333 g/mol. The summed E-state index contributed by atoms with van der Waals surface area (Å²) in [5, 5.41) is 3.94. The molecular weight excluding hydrogens is 317 g/mol. The Kier molecular flexibility index (Phi) is 3.61. The molecule has 5 heteroatoms. The van der Waals surface area contributed by atoms with Crippen molar-refractivity contribution in [3.63, 3.8) is 0 Å². The van der Waals surface area contributed by atoms with E-state index in [1.165, 1.54) is 24.3 Å². The van der Waals surface area contributed by atoms with E-state index in [0.29, 0.717) is 16.9 Å². The summed E-state index contributed by atoms with van der Waals surface area (Å²) >= 11 is 0. The van der Waals surface area contributed by atoms with Gasteiger partial charge >= 0.3 is 0 Å². The van der Waals surface area contributed by atoms with Gasteiger partial charge in [0.25, 0.3) is 5.91 Å². The Morgan fingerprint density at radius 2 is 1.96 bits per heavy atom. The van der Waals surface area contributed by atoms with Gasteiger partial charge < -0.3 is 16.0 Å². The smallest absolute Gasteiger partial charge is 0.255 e. The Balaban J connectivity index is 1.68. The number of aromatic nitrogens is 1. The van der Waals surface area contributed by atoms with Crippen LogP contribution < -0.4 is 11.1 Å². The second-order valence-corrected chi connectivity index (χ2v) is 5.95. The van der Waals surface area contributed by atoms with Crippen molar-refractivity contribution in [2.24, 2.45) is 0 Å². The van der Waals surface area contributed by atoms with Gasteiger partial charge in [0.1, 0.15) is 5.82 Å². The van der Waals surface area contributed by atoms with Gasteiger partial charge in [-0.2, -0.15) is 0 Å². The van der Waals surface area contributed by atoms with Crippen LogP contribution in [0.25, 0.3) is 17.0 Å². The lowest BCUT2D eigenvalue weighted by molar-refractivity contribution is 0.0967. The lowest BCUT2D eigenvalue weighted by Crippen LogP contribution is -2.21. The highest BCUT2D eigenvalue weighted by Crippen LogP contribution is 2.30. The molecular formula is C20H16FN3O. The number of fused-ring (bicyclic) bond motifs is 3. The molecule has 0 spiro atoms. The fourth-order valence-corrected chi connectivity index (χ4v) is 3.05. The second kappa shape index (κ2) is 5.94. The third kappa shape index (κ3) is 2.80. The first-order valence-electron chi connectivity index (χ1n) is 7.96. The highest BCUT2D eigenvalue weighted by atomic mass is 19.1. The molecule has 1 aliphatic rings. The maximum absolute atomic E-state index is 13.0. The molecule has 0 radical (unpaired) electrons. The molecule has 0 atom stereocenters. The van der Waals surface area contributed by atoms with Gasteiger partial charge in [-0.05, 0) is 54.5 Å². The molecule has 1 heterocycles. The third-order valence-electron chi connectivity index (χ3n) is 4.29. The molecule has 25 heavy (non-hydrogen) atoms. The number of nitrogens with one attached hydrogen (secondary N) is 2. The summed E-state index contributed by atoms with van der Waals surface area (Å²) in [6.07, 6.45) is 6.50. The number of aromatic amines is 1. The third-order valence-corrected chi connectivity index (χ3v) is 4.29. The van der Waals surface area contributed by atoms with Gasteiger partial charge in [0.05, 0.1) is 11.2 Å². The first-order valence-corrected chi connectivity index (χ1v) is 7.96. The van der Waals surface area contributed by atoms with E-state index in [9.17, 15) is 9.18 Å². The molecule has 1 aliphatic carbocycles. The number of nitrogen functional groups attached to an aromatic ring is 1. The molecule has 2 aromatic carbocycles. The molecule has 4 N–H and O–H groups in total. The molecule has 0 bridgehead atoms. The van der Waals surface area contributed by atoms with Gasteiger partial charge in [-0.3, -0.25) is 4.79 Å². The van der Waals surface area contributed by atoms with Crippen LogP contribution in [0.1, 0.15) is 21.6 Å². The Labute approximate surface area is 143 Å². The van der Waals surface area contributed by atoms with Crippen LogP contribution in [0.4, 0.5) is 10.1 Å². The minimum absolute atomic E-state index is 0.282. The van der Waals surface area contributed by atoms with Gasteiger partial charge in [0, 0.05) is 22.3 Å². The minimum atomic E-state index is -0.370. The Bertz CT molecular complexity index is 1030. The van der Waals surface area contributed by atoms with Crippen molar-refractivity contribution in [1.82, 2.24) is 10.3 Å². The number of anilines is 1. The first-order chi connectivity index (χ1) is 12.1. The highest BCUT2D eigenvalue weighted by Gasteiger charge is 2.14. The standard InChI is InChI=1S/C20H16FN3O/c21-13-9-7-12(8-10-13)20(25)23-14-3-1-4-15-16-5-2-6-17(22)19(16)24-18(15)11-14/h1-3,5-11,24H,4,22H2,(H,23,25). The number of rotatable bonds is 2. The number of carbonyl (C=O) groups is 1. The number of benzene rings is 2. The largest absolute Gasteiger partial charge is 0.397 e. The number of amides is 1. The predicted octanol–water partition coefficient (Wildman–Crippen LogP) is 3.77. The van der Waals surface area contributed by atoms with Crippen LogP contribution in [-0.2, 0) is 6.42 Å². The summed E-state index contributed by atoms with van der Waals surface area (Å²) < 4.78 is 13.0. The van der Waals surface area contributed by atoms with Crippen LogP contribution in [0.3, 0.4) is 0 Å². The normalized spacial score (nSPS) is 13.2. The predicted molar refractivity (Wildman–Crippen MR) is 97.4 cm³/mol. The van der Waals surface area contributed by atoms with Crippen LogP contribution in [0, 0.1) is 5.82 Å². The topological polar surface area (TPSA) is 70.9 Å². The highest BCUT2D eigenvalue weighted by molar-refractivity contribution is 5.98. The maximum Gasteiger partial charge on any atom is 0.255 e. The van der Waals surface area contributed by atoms with Gasteiger partial charge in [-0.1, -0.05) is 18.2 Å². The number of H-pyrrole nitrogens is 1. The molecule has 0 aliphatic heterocycles. The van der Waals surface area contributed by atoms with E-state index < -0.39 is 0 Å². The Hall–Kier alpha value is -3.34. The number of allylic oxidation sites excluding steroid dienone is 2. The number of halogens is 1. The lowest BCUT2D eigenvalue weighted by Gasteiger charge is -2.05. The minimum Gasteiger partial charge on any atom is -0.397 e.